The molecule has 1 aromatic carbocycles. The van der Waals surface area contributed by atoms with Crippen LogP contribution in [0.15, 0.2) is 30.3 Å². The minimum absolute atomic E-state index is 0.0931. The van der Waals surface area contributed by atoms with Gasteiger partial charge in [0.2, 0.25) is 0 Å². The number of rotatable bonds is 6. The fraction of sp³-hybridized carbons (Fsp3) is 0.438. The van der Waals surface area contributed by atoms with Crippen LogP contribution in [0.4, 0.5) is 0 Å². The molecule has 0 unspecified atom stereocenters. The van der Waals surface area contributed by atoms with Gasteiger partial charge >= 0.3 is 5.97 Å². The summed E-state index contributed by atoms with van der Waals surface area (Å²) in [6, 6.07) is 7.71. The van der Waals surface area contributed by atoms with E-state index in [4.69, 9.17) is 9.47 Å². The Labute approximate surface area is 122 Å². The van der Waals surface area contributed by atoms with Crippen LogP contribution in [0.3, 0.4) is 0 Å². The second-order valence-electron chi connectivity index (χ2n) is 6.24. The van der Waals surface area contributed by atoms with Crippen molar-refractivity contribution in [3.05, 3.63) is 35.9 Å². The fourth-order valence-corrected chi connectivity index (χ4v) is 2.01. The van der Waals surface area contributed by atoms with Gasteiger partial charge in [-0.2, -0.15) is 0 Å². The van der Waals surface area contributed by atoms with E-state index in [2.05, 4.69) is 19.6 Å². The van der Waals surface area contributed by atoms with Crippen molar-refractivity contribution >= 4 is 20.1 Å². The van der Waals surface area contributed by atoms with Crippen LogP contribution in [0, 0.1) is 0 Å². The molecule has 0 saturated heterocycles. The van der Waals surface area contributed by atoms with Crippen molar-refractivity contribution in [2.75, 3.05) is 6.23 Å². The van der Waals surface area contributed by atoms with Crippen molar-refractivity contribution in [1.82, 2.24) is 0 Å². The lowest BCUT2D eigenvalue weighted by atomic mass is 10.2. The molecule has 0 bridgehead atoms. The second-order valence-corrected chi connectivity index (χ2v) is 11.6. The van der Waals surface area contributed by atoms with Crippen LogP contribution in [0.5, 0.6) is 5.75 Å². The van der Waals surface area contributed by atoms with Crippen molar-refractivity contribution in [1.29, 1.82) is 0 Å². The van der Waals surface area contributed by atoms with Crippen LogP contribution in [-0.4, -0.2) is 26.4 Å². The van der Waals surface area contributed by atoms with Gasteiger partial charge in [-0.3, -0.25) is 0 Å². The van der Waals surface area contributed by atoms with Gasteiger partial charge in [0, 0.05) is 6.08 Å². The molecule has 0 radical (unpaired) electrons. The molecule has 0 saturated carbocycles. The first-order chi connectivity index (χ1) is 9.26. The Bertz CT molecular complexity index is 456. The number of esters is 1. The predicted octanol–water partition coefficient (Wildman–Crippen LogP) is 3.91. The van der Waals surface area contributed by atoms with E-state index in [1.165, 1.54) is 6.08 Å². The average Bonchev–Trinajstić information content (AvgIpc) is 2.33. The number of ether oxygens (including phenoxy) is 2. The van der Waals surface area contributed by atoms with Crippen LogP contribution in [0.1, 0.15) is 19.4 Å². The van der Waals surface area contributed by atoms with Crippen LogP contribution in [-0.2, 0) is 9.53 Å². The fourth-order valence-electron chi connectivity index (χ4n) is 1.41. The highest BCUT2D eigenvalue weighted by atomic mass is 28.3. The summed E-state index contributed by atoms with van der Waals surface area (Å²) in [6.07, 6.45) is 3.90. The summed E-state index contributed by atoms with van der Waals surface area (Å²) in [5, 5.41) is 0. The van der Waals surface area contributed by atoms with Gasteiger partial charge < -0.3 is 9.47 Å². The van der Waals surface area contributed by atoms with Gasteiger partial charge in [-0.05, 0) is 37.6 Å². The molecule has 0 spiro atoms. The molecule has 0 aliphatic carbocycles. The number of carbonyl (C=O) groups is 1. The highest BCUT2D eigenvalue weighted by Crippen LogP contribution is 2.15. The minimum atomic E-state index is -1.20. The predicted molar refractivity (Wildman–Crippen MR) is 85.5 cm³/mol. The molecule has 0 heterocycles. The molecule has 1 rings (SSSR count). The molecule has 0 aromatic heterocycles. The van der Waals surface area contributed by atoms with Crippen molar-refractivity contribution < 1.29 is 14.3 Å². The monoisotopic (exact) mass is 292 g/mol. The second kappa shape index (κ2) is 7.29. The Balaban J connectivity index is 2.54. The Kier molecular flexibility index (Phi) is 6.01. The van der Waals surface area contributed by atoms with Crippen molar-refractivity contribution in [2.24, 2.45) is 0 Å². The summed E-state index contributed by atoms with van der Waals surface area (Å²) in [7, 11) is -1.20. The van der Waals surface area contributed by atoms with Crippen LogP contribution in [0.25, 0.3) is 6.08 Å². The molecule has 0 fully saturated rings. The topological polar surface area (TPSA) is 35.5 Å². The van der Waals surface area contributed by atoms with Gasteiger partial charge in [0.1, 0.15) is 5.75 Å². The van der Waals surface area contributed by atoms with Gasteiger partial charge in [-0.25, -0.2) is 4.79 Å². The van der Waals surface area contributed by atoms with Gasteiger partial charge in [-0.1, -0.05) is 31.8 Å². The lowest BCUT2D eigenvalue weighted by Gasteiger charge is -2.16. The summed E-state index contributed by atoms with van der Waals surface area (Å²) in [6.45, 7) is 10.5. The maximum absolute atomic E-state index is 11.4. The number of hydrogen-bond donors (Lipinski definition) is 0. The molecule has 3 nitrogen and oxygen atoms in total. The maximum Gasteiger partial charge on any atom is 0.331 e. The molecule has 0 atom stereocenters. The van der Waals surface area contributed by atoms with Gasteiger partial charge in [0.25, 0.3) is 0 Å². The van der Waals surface area contributed by atoms with Gasteiger partial charge in [-0.15, -0.1) is 0 Å². The van der Waals surface area contributed by atoms with E-state index >= 15 is 0 Å². The molecule has 20 heavy (non-hydrogen) atoms. The normalized spacial score (nSPS) is 11.9. The van der Waals surface area contributed by atoms with E-state index < -0.39 is 8.07 Å². The van der Waals surface area contributed by atoms with Crippen LogP contribution < -0.4 is 4.74 Å². The first-order valence-corrected chi connectivity index (χ1v) is 10.6. The standard InChI is InChI=1S/C16H24O3Si/c1-13(2)19-16(17)11-8-14-6-9-15(10-7-14)18-12-20(3,4)5/h6-11,13H,12H2,1-5H3. The molecular formula is C16H24O3Si. The van der Waals surface area contributed by atoms with Gasteiger partial charge in [0.15, 0.2) is 0 Å². The zero-order valence-electron chi connectivity index (χ0n) is 13.0. The number of carbonyl (C=O) groups excluding carboxylic acids is 1. The van der Waals surface area contributed by atoms with E-state index in [0.717, 1.165) is 17.5 Å². The largest absolute Gasteiger partial charge is 0.497 e. The lowest BCUT2D eigenvalue weighted by molar-refractivity contribution is -0.141. The number of benzene rings is 1. The van der Waals surface area contributed by atoms with Crippen molar-refractivity contribution in [2.45, 2.75) is 39.6 Å². The van der Waals surface area contributed by atoms with E-state index in [1.807, 2.05) is 38.1 Å². The summed E-state index contributed by atoms with van der Waals surface area (Å²) in [5.41, 5.74) is 0.950. The SMILES string of the molecule is CC(C)OC(=O)C=Cc1ccc(OC[Si](C)(C)C)cc1. The molecule has 110 valence electrons. The van der Waals surface area contributed by atoms with E-state index in [1.54, 1.807) is 6.08 Å². The summed E-state index contributed by atoms with van der Waals surface area (Å²) in [5.74, 6) is 0.549. The van der Waals surface area contributed by atoms with Crippen LogP contribution in [0.2, 0.25) is 19.6 Å². The molecule has 4 heteroatoms. The Morgan fingerprint density at radius 1 is 1.20 bits per heavy atom. The lowest BCUT2D eigenvalue weighted by Crippen LogP contribution is -2.29. The smallest absolute Gasteiger partial charge is 0.331 e. The van der Waals surface area contributed by atoms with E-state index in [9.17, 15) is 4.79 Å². The third-order valence-corrected chi connectivity index (χ3v) is 3.33. The Morgan fingerprint density at radius 3 is 2.30 bits per heavy atom. The molecule has 0 aliphatic rings. The summed E-state index contributed by atoms with van der Waals surface area (Å²) >= 11 is 0. The quantitative estimate of drug-likeness (QED) is 0.453. The van der Waals surface area contributed by atoms with Crippen molar-refractivity contribution in [3.63, 3.8) is 0 Å². The molecule has 1 aromatic rings. The first-order valence-electron chi connectivity index (χ1n) is 6.88. The average molecular weight is 292 g/mol. The minimum Gasteiger partial charge on any atom is -0.497 e. The third-order valence-electron chi connectivity index (χ3n) is 2.32. The molecule has 0 N–H and O–H groups in total. The summed E-state index contributed by atoms with van der Waals surface area (Å²) < 4.78 is 10.8. The Morgan fingerprint density at radius 2 is 1.80 bits per heavy atom. The molecular weight excluding hydrogens is 268 g/mol. The first kappa shape index (κ1) is 16.5. The zero-order chi connectivity index (χ0) is 15.2. The summed E-state index contributed by atoms with van der Waals surface area (Å²) in [4.78, 5) is 11.4. The molecule has 0 aliphatic heterocycles. The Hall–Kier alpha value is -1.55. The van der Waals surface area contributed by atoms with Gasteiger partial charge in [0.05, 0.1) is 20.4 Å². The van der Waals surface area contributed by atoms with E-state index in [-0.39, 0.29) is 12.1 Å². The van der Waals surface area contributed by atoms with E-state index in [0.29, 0.717) is 0 Å². The van der Waals surface area contributed by atoms with Crippen molar-refractivity contribution in [3.8, 4) is 5.75 Å². The zero-order valence-corrected chi connectivity index (χ0v) is 14.0. The maximum atomic E-state index is 11.4. The third kappa shape index (κ3) is 7.14. The van der Waals surface area contributed by atoms with Crippen LogP contribution >= 0.6 is 0 Å². The molecule has 0 amide bonds. The highest BCUT2D eigenvalue weighted by molar-refractivity contribution is 6.76. The number of hydrogen-bond acceptors (Lipinski definition) is 3. The highest BCUT2D eigenvalue weighted by Gasteiger charge is 2.13.